The molecule has 260 valence electrons. The molecule has 0 aromatic carbocycles. The van der Waals surface area contributed by atoms with Crippen molar-refractivity contribution in [2.75, 3.05) is 6.54 Å². The van der Waals surface area contributed by atoms with E-state index in [1.165, 1.54) is 32.3 Å². The molecule has 6 rings (SSSR count). The average Bonchev–Trinajstić information content (AvgIpc) is 3.56. The molecule has 3 N–H and O–H groups in total. The second kappa shape index (κ2) is 13.9. The average molecular weight is 708 g/mol. The smallest absolute Gasteiger partial charge is 0.408 e. The van der Waals surface area contributed by atoms with Crippen LogP contribution in [0.2, 0.25) is 0 Å². The zero-order chi connectivity index (χ0) is 34.9. The van der Waals surface area contributed by atoms with Crippen molar-refractivity contribution in [3.63, 3.8) is 0 Å². The molecule has 2 fully saturated rings. The highest BCUT2D eigenvalue weighted by molar-refractivity contribution is 7.08. The van der Waals surface area contributed by atoms with Crippen molar-refractivity contribution >= 4 is 46.6 Å². The number of hydrogen-bond donors (Lipinski definition) is 3. The Morgan fingerprint density at radius 2 is 1.82 bits per heavy atom. The van der Waals surface area contributed by atoms with Crippen molar-refractivity contribution in [3.8, 4) is 22.3 Å². The van der Waals surface area contributed by atoms with Crippen LogP contribution < -0.4 is 16.2 Å². The summed E-state index contributed by atoms with van der Waals surface area (Å²) in [5.74, 6) is -2.64. The molecule has 1 aliphatic carbocycles. The van der Waals surface area contributed by atoms with Gasteiger partial charge in [-0.15, -0.1) is 0 Å². The predicted molar refractivity (Wildman–Crippen MR) is 186 cm³/mol. The first-order chi connectivity index (χ1) is 23.4. The molecule has 2 aliphatic heterocycles. The van der Waals surface area contributed by atoms with Crippen molar-refractivity contribution in [2.24, 2.45) is 5.92 Å². The van der Waals surface area contributed by atoms with Gasteiger partial charge in [-0.1, -0.05) is 25.0 Å². The third-order valence-corrected chi connectivity index (χ3v) is 10.7. The molecular weight excluding hydrogens is 667 g/mol. The zero-order valence-corrected chi connectivity index (χ0v) is 29.4. The lowest BCUT2D eigenvalue weighted by atomic mass is 10.0. The summed E-state index contributed by atoms with van der Waals surface area (Å²) in [5, 5.41) is 27.9. The van der Waals surface area contributed by atoms with Crippen molar-refractivity contribution in [2.45, 2.75) is 95.0 Å². The van der Waals surface area contributed by atoms with Crippen molar-refractivity contribution in [1.82, 2.24) is 25.3 Å². The maximum atomic E-state index is 14.4. The lowest BCUT2D eigenvalue weighted by Crippen LogP contribution is -2.56. The molecule has 5 atom stereocenters. The van der Waals surface area contributed by atoms with Crippen molar-refractivity contribution in [1.29, 1.82) is 0 Å². The number of carbonyl (C=O) groups excluding carboxylic acids is 3. The lowest BCUT2D eigenvalue weighted by molar-refractivity contribution is -0.145. The minimum atomic E-state index is -1.47. The van der Waals surface area contributed by atoms with Crippen molar-refractivity contribution in [3.05, 3.63) is 62.4 Å². The van der Waals surface area contributed by atoms with Gasteiger partial charge in [0.05, 0.1) is 17.8 Å². The SMILES string of the molecule is CC(C)(C)OC(=O)N[C@H]1CCCCCC=C[C@@H]2C[C@@]2(C(=O)O)NC(=O)[C@@H]2C[C@H](n3ncc(-c4ccsc4)c(-c4ccsc4)c3=O)CN2C1=O. The van der Waals surface area contributed by atoms with Gasteiger partial charge in [0.1, 0.15) is 23.2 Å². The second-order valence-electron chi connectivity index (χ2n) is 13.9. The van der Waals surface area contributed by atoms with Crippen LogP contribution >= 0.6 is 22.7 Å². The van der Waals surface area contributed by atoms with Crippen LogP contribution in [-0.4, -0.2) is 73.4 Å². The zero-order valence-electron chi connectivity index (χ0n) is 27.7. The molecule has 14 heteroatoms. The summed E-state index contributed by atoms with van der Waals surface area (Å²) >= 11 is 2.97. The minimum absolute atomic E-state index is 0.0285. The second-order valence-corrected chi connectivity index (χ2v) is 15.5. The van der Waals surface area contributed by atoms with Crippen LogP contribution in [0.3, 0.4) is 0 Å². The van der Waals surface area contributed by atoms with Crippen LogP contribution in [0.25, 0.3) is 22.3 Å². The summed E-state index contributed by atoms with van der Waals surface area (Å²) in [7, 11) is 0. The highest BCUT2D eigenvalue weighted by Crippen LogP contribution is 2.45. The maximum Gasteiger partial charge on any atom is 0.408 e. The largest absolute Gasteiger partial charge is 0.479 e. The van der Waals surface area contributed by atoms with E-state index in [4.69, 9.17) is 4.74 Å². The molecule has 3 aromatic heterocycles. The lowest BCUT2D eigenvalue weighted by Gasteiger charge is -2.30. The van der Waals surface area contributed by atoms with E-state index in [0.717, 1.165) is 30.4 Å². The number of amides is 3. The quantitative estimate of drug-likeness (QED) is 0.305. The monoisotopic (exact) mass is 707 g/mol. The molecule has 0 unspecified atom stereocenters. The van der Waals surface area contributed by atoms with Crippen LogP contribution in [-0.2, 0) is 19.1 Å². The van der Waals surface area contributed by atoms with Gasteiger partial charge in [-0.25, -0.2) is 14.3 Å². The Morgan fingerprint density at radius 3 is 2.49 bits per heavy atom. The molecule has 3 aromatic rings. The minimum Gasteiger partial charge on any atom is -0.479 e. The number of fused-ring (bicyclic) bond motifs is 2. The van der Waals surface area contributed by atoms with E-state index in [9.17, 15) is 29.1 Å². The van der Waals surface area contributed by atoms with E-state index in [2.05, 4.69) is 15.7 Å². The van der Waals surface area contributed by atoms with E-state index < -0.39 is 53.1 Å². The number of aromatic nitrogens is 2. The highest BCUT2D eigenvalue weighted by atomic mass is 32.1. The first kappa shape index (κ1) is 34.6. The molecule has 1 saturated heterocycles. The number of ether oxygens (including phenoxy) is 1. The van der Waals surface area contributed by atoms with E-state index in [-0.39, 0.29) is 30.9 Å². The number of nitrogens with one attached hydrogen (secondary N) is 2. The number of hydrogen-bond acceptors (Lipinski definition) is 9. The van der Waals surface area contributed by atoms with E-state index >= 15 is 0 Å². The fraction of sp³-hybridized carbons (Fsp3) is 0.486. The molecule has 0 radical (unpaired) electrons. The number of carbonyl (C=O) groups is 4. The van der Waals surface area contributed by atoms with Crippen LogP contribution in [0.1, 0.15) is 71.8 Å². The summed E-state index contributed by atoms with van der Waals surface area (Å²) in [6.45, 7) is 5.14. The number of carboxylic acids is 1. The van der Waals surface area contributed by atoms with Gasteiger partial charge < -0.3 is 25.4 Å². The van der Waals surface area contributed by atoms with Gasteiger partial charge in [0.25, 0.3) is 5.56 Å². The van der Waals surface area contributed by atoms with Gasteiger partial charge >= 0.3 is 12.1 Å². The summed E-state index contributed by atoms with van der Waals surface area (Å²) in [5.41, 5.74) is 0.122. The number of thiophene rings is 2. The van der Waals surface area contributed by atoms with E-state index in [1.54, 1.807) is 27.0 Å². The molecule has 12 nitrogen and oxygen atoms in total. The third-order valence-electron chi connectivity index (χ3n) is 9.32. The number of nitrogens with zero attached hydrogens (tertiary/aromatic N) is 3. The molecule has 49 heavy (non-hydrogen) atoms. The molecule has 5 heterocycles. The molecular formula is C35H41N5O7S2. The van der Waals surface area contributed by atoms with Crippen LogP contribution in [0.15, 0.2) is 56.8 Å². The van der Waals surface area contributed by atoms with Gasteiger partial charge in [-0.3, -0.25) is 14.4 Å². The summed E-state index contributed by atoms with van der Waals surface area (Å²) < 4.78 is 6.81. The summed E-state index contributed by atoms with van der Waals surface area (Å²) in [6.07, 6.45) is 8.24. The standard InChI is InChI=1S/C35H41N5O7S2/c1-34(2,3)47-33(46)37-26-10-8-6-4-5-7-9-23-16-35(23,32(44)45)38-29(41)27-15-24(18-39(27)30(26)42)40-31(43)28(22-12-14-49-20-22)25(17-36-40)21-11-13-48-19-21/h7,9,11-14,17,19-20,23-24,26-27H,4-6,8,10,15-16,18H2,1-3H3,(H,37,46)(H,38,41)(H,44,45)/t23-,24+,26+,27+,35-/m1/s1. The van der Waals surface area contributed by atoms with Gasteiger partial charge in [-0.05, 0) is 91.2 Å². The number of alkyl carbamates (subject to hydrolysis) is 1. The Kier molecular flexibility index (Phi) is 9.81. The van der Waals surface area contributed by atoms with Crippen LogP contribution in [0.4, 0.5) is 4.79 Å². The van der Waals surface area contributed by atoms with E-state index in [1.807, 2.05) is 45.8 Å². The van der Waals surface area contributed by atoms with E-state index in [0.29, 0.717) is 24.0 Å². The topological polar surface area (TPSA) is 160 Å². The first-order valence-electron chi connectivity index (χ1n) is 16.6. The Labute approximate surface area is 292 Å². The van der Waals surface area contributed by atoms with Gasteiger partial charge in [-0.2, -0.15) is 27.8 Å². The molecule has 3 amide bonds. The Balaban J connectivity index is 1.38. The summed E-state index contributed by atoms with van der Waals surface area (Å²) in [6, 6.07) is 0.988. The summed E-state index contributed by atoms with van der Waals surface area (Å²) in [4.78, 5) is 69.5. The van der Waals surface area contributed by atoms with Gasteiger partial charge in [0.2, 0.25) is 11.8 Å². The van der Waals surface area contributed by atoms with Gasteiger partial charge in [0, 0.05) is 24.4 Å². The van der Waals surface area contributed by atoms with Gasteiger partial charge in [0.15, 0.2) is 0 Å². The molecule has 3 aliphatic rings. The Morgan fingerprint density at radius 1 is 1.08 bits per heavy atom. The fourth-order valence-electron chi connectivity index (χ4n) is 6.75. The van der Waals surface area contributed by atoms with Crippen LogP contribution in [0, 0.1) is 5.92 Å². The normalized spacial score (nSPS) is 26.1. The number of rotatable bonds is 5. The number of carboxylic acid groups (broad SMARTS) is 1. The molecule has 0 spiro atoms. The fourth-order valence-corrected chi connectivity index (χ4v) is 8.06. The van der Waals surface area contributed by atoms with Crippen molar-refractivity contribution < 1.29 is 29.0 Å². The van der Waals surface area contributed by atoms with Crippen LogP contribution in [0.5, 0.6) is 0 Å². The first-order valence-corrected chi connectivity index (χ1v) is 18.5. The Bertz CT molecular complexity index is 1800. The Hall–Kier alpha value is -4.30. The highest BCUT2D eigenvalue weighted by Gasteiger charge is 2.61. The molecule has 0 bridgehead atoms. The number of aliphatic carboxylic acids is 1. The molecule has 1 saturated carbocycles. The maximum absolute atomic E-state index is 14.4. The predicted octanol–water partition coefficient (Wildman–Crippen LogP) is 5.22. The number of allylic oxidation sites excluding steroid dienone is 1. The third kappa shape index (κ3) is 7.35.